The Balaban J connectivity index is 1.61. The summed E-state index contributed by atoms with van der Waals surface area (Å²) in [7, 11) is 0. The van der Waals surface area contributed by atoms with Gasteiger partial charge in [-0.2, -0.15) is 5.10 Å². The van der Waals surface area contributed by atoms with Crippen molar-refractivity contribution in [3.8, 4) is 11.7 Å². The Bertz CT molecular complexity index is 1520. The number of H-pyrrole nitrogens is 1. The highest BCUT2D eigenvalue weighted by Gasteiger charge is 2.29. The normalized spacial score (nSPS) is 15.5. The summed E-state index contributed by atoms with van der Waals surface area (Å²) in [4.78, 5) is 42.0. The third-order valence-electron chi connectivity index (χ3n) is 5.96. The van der Waals surface area contributed by atoms with E-state index >= 15 is 4.39 Å². The number of rotatable bonds is 6. The SMILES string of the molecule is O=C(O)c1cn(-c2ccc(=O)[nH]n2)c2cc(N3CCC[C@@H]3COc3ccccn3)c(F)cc2c1=O. The number of aromatic carboxylic acids is 1. The molecule has 0 bridgehead atoms. The summed E-state index contributed by atoms with van der Waals surface area (Å²) in [6.45, 7) is 0.869. The standard InChI is InChI=1S/C24H20FN5O5/c25-17-10-15-18(30(12-16(23(15)32)24(33)34)20-6-7-21(31)28-27-20)11-19(17)29-9-3-4-14(29)13-35-22-5-1-2-8-26-22/h1-2,5-8,10-12,14H,3-4,9,13H2,(H,28,31)(H,33,34)/t14-/m1/s1. The van der Waals surface area contributed by atoms with Gasteiger partial charge >= 0.3 is 5.97 Å². The number of halogens is 1. The zero-order valence-corrected chi connectivity index (χ0v) is 18.3. The largest absolute Gasteiger partial charge is 0.477 e. The van der Waals surface area contributed by atoms with Gasteiger partial charge < -0.3 is 14.7 Å². The Hall–Kier alpha value is -4.54. The van der Waals surface area contributed by atoms with E-state index in [2.05, 4.69) is 15.2 Å². The first-order valence-corrected chi connectivity index (χ1v) is 10.9. The maximum Gasteiger partial charge on any atom is 0.341 e. The number of aromatic nitrogens is 4. The maximum absolute atomic E-state index is 15.4. The highest BCUT2D eigenvalue weighted by atomic mass is 19.1. The Morgan fingerprint density at radius 2 is 2.09 bits per heavy atom. The number of aromatic amines is 1. The van der Waals surface area contributed by atoms with Gasteiger partial charge in [0.05, 0.1) is 22.6 Å². The molecule has 5 rings (SSSR count). The van der Waals surface area contributed by atoms with Gasteiger partial charge in [0.25, 0.3) is 5.56 Å². The number of nitrogens with zero attached hydrogens (tertiary/aromatic N) is 4. The lowest BCUT2D eigenvalue weighted by Gasteiger charge is -2.27. The highest BCUT2D eigenvalue weighted by molar-refractivity contribution is 5.94. The molecule has 1 atom stereocenters. The van der Waals surface area contributed by atoms with Crippen molar-refractivity contribution in [3.63, 3.8) is 0 Å². The van der Waals surface area contributed by atoms with Crippen molar-refractivity contribution < 1.29 is 19.0 Å². The van der Waals surface area contributed by atoms with Crippen molar-refractivity contribution in [3.05, 3.63) is 86.8 Å². The molecule has 35 heavy (non-hydrogen) atoms. The molecule has 1 aliphatic rings. The molecule has 1 saturated heterocycles. The first-order valence-electron chi connectivity index (χ1n) is 10.9. The monoisotopic (exact) mass is 477 g/mol. The van der Waals surface area contributed by atoms with Crippen LogP contribution in [0.1, 0.15) is 23.2 Å². The molecule has 3 aromatic heterocycles. The molecule has 0 unspecified atom stereocenters. The van der Waals surface area contributed by atoms with Gasteiger partial charge in [-0.25, -0.2) is 19.3 Å². The lowest BCUT2D eigenvalue weighted by atomic mass is 10.1. The number of benzene rings is 1. The van der Waals surface area contributed by atoms with E-state index in [-0.39, 0.29) is 28.5 Å². The molecule has 1 aromatic carbocycles. The van der Waals surface area contributed by atoms with Gasteiger partial charge in [0.2, 0.25) is 11.3 Å². The second kappa shape index (κ2) is 9.01. The number of nitrogens with one attached hydrogen (secondary N) is 1. The van der Waals surface area contributed by atoms with Gasteiger partial charge in [-0.3, -0.25) is 14.2 Å². The molecule has 1 fully saturated rings. The highest BCUT2D eigenvalue weighted by Crippen LogP contribution is 2.32. The van der Waals surface area contributed by atoms with E-state index in [4.69, 9.17) is 4.74 Å². The average molecular weight is 477 g/mol. The summed E-state index contributed by atoms with van der Waals surface area (Å²) >= 11 is 0. The summed E-state index contributed by atoms with van der Waals surface area (Å²) in [6, 6.07) is 10.4. The molecule has 0 aliphatic carbocycles. The van der Waals surface area contributed by atoms with Crippen molar-refractivity contribution >= 4 is 22.6 Å². The second-order valence-corrected chi connectivity index (χ2v) is 8.12. The minimum absolute atomic E-state index is 0.111. The zero-order chi connectivity index (χ0) is 24.5. The van der Waals surface area contributed by atoms with Crippen LogP contribution < -0.4 is 20.6 Å². The smallest absolute Gasteiger partial charge is 0.341 e. The fraction of sp³-hybridized carbons (Fsp3) is 0.208. The number of anilines is 1. The maximum atomic E-state index is 15.4. The summed E-state index contributed by atoms with van der Waals surface area (Å²) in [5.74, 6) is -1.46. The minimum Gasteiger partial charge on any atom is -0.477 e. The molecule has 1 aliphatic heterocycles. The Kier molecular flexibility index (Phi) is 5.73. The number of carboxylic acid groups (broad SMARTS) is 1. The van der Waals surface area contributed by atoms with Crippen LogP contribution in [-0.2, 0) is 0 Å². The molecular weight excluding hydrogens is 457 g/mol. The number of hydrogen-bond donors (Lipinski definition) is 2. The summed E-state index contributed by atoms with van der Waals surface area (Å²) < 4.78 is 22.5. The molecular formula is C24H20FN5O5. The van der Waals surface area contributed by atoms with E-state index in [1.54, 1.807) is 18.3 Å². The van der Waals surface area contributed by atoms with Gasteiger partial charge in [0.15, 0.2) is 5.82 Å². The lowest BCUT2D eigenvalue weighted by molar-refractivity contribution is 0.0695. The van der Waals surface area contributed by atoms with Crippen molar-refractivity contribution in [1.82, 2.24) is 19.7 Å². The number of carbonyl (C=O) groups is 1. The third-order valence-corrected chi connectivity index (χ3v) is 5.96. The fourth-order valence-corrected chi connectivity index (χ4v) is 4.31. The molecule has 0 radical (unpaired) electrons. The van der Waals surface area contributed by atoms with E-state index in [0.29, 0.717) is 19.0 Å². The molecule has 178 valence electrons. The predicted molar refractivity (Wildman–Crippen MR) is 125 cm³/mol. The molecule has 2 N–H and O–H groups in total. The first-order chi connectivity index (χ1) is 16.9. The van der Waals surface area contributed by atoms with Crippen molar-refractivity contribution in [1.29, 1.82) is 0 Å². The van der Waals surface area contributed by atoms with Crippen LogP contribution in [0.4, 0.5) is 10.1 Å². The molecule has 4 aromatic rings. The average Bonchev–Trinajstić information content (AvgIpc) is 3.32. The number of fused-ring (bicyclic) bond motifs is 1. The molecule has 0 saturated carbocycles. The van der Waals surface area contributed by atoms with Crippen molar-refractivity contribution in [2.75, 3.05) is 18.1 Å². The van der Waals surface area contributed by atoms with Crippen LogP contribution in [0.3, 0.4) is 0 Å². The van der Waals surface area contributed by atoms with Crippen LogP contribution in [-0.4, -0.2) is 50.0 Å². The molecule has 0 amide bonds. The van der Waals surface area contributed by atoms with Crippen molar-refractivity contribution in [2.24, 2.45) is 0 Å². The summed E-state index contributed by atoms with van der Waals surface area (Å²) in [5, 5.41) is 15.6. The van der Waals surface area contributed by atoms with E-state index in [1.165, 1.54) is 22.8 Å². The van der Waals surface area contributed by atoms with Crippen LogP contribution >= 0.6 is 0 Å². The third kappa shape index (κ3) is 4.23. The quantitative estimate of drug-likeness (QED) is 0.433. The van der Waals surface area contributed by atoms with E-state index in [1.807, 2.05) is 11.0 Å². The first kappa shape index (κ1) is 22.3. The zero-order valence-electron chi connectivity index (χ0n) is 18.3. The molecule has 0 spiro atoms. The topological polar surface area (TPSA) is 130 Å². The Labute approximate surface area is 197 Å². The predicted octanol–water partition coefficient (Wildman–Crippen LogP) is 2.35. The molecule has 10 nitrogen and oxygen atoms in total. The van der Waals surface area contributed by atoms with Crippen LogP contribution in [0.15, 0.2) is 64.4 Å². The second-order valence-electron chi connectivity index (χ2n) is 8.12. The van der Waals surface area contributed by atoms with Gasteiger partial charge in [-0.1, -0.05) is 6.07 Å². The van der Waals surface area contributed by atoms with Crippen LogP contribution in [0.25, 0.3) is 16.7 Å². The van der Waals surface area contributed by atoms with Crippen LogP contribution in [0, 0.1) is 5.82 Å². The van der Waals surface area contributed by atoms with Gasteiger partial charge in [0, 0.05) is 31.1 Å². The van der Waals surface area contributed by atoms with Crippen LogP contribution in [0.2, 0.25) is 0 Å². The van der Waals surface area contributed by atoms with E-state index in [9.17, 15) is 19.5 Å². The van der Waals surface area contributed by atoms with Gasteiger partial charge in [0.1, 0.15) is 18.0 Å². The van der Waals surface area contributed by atoms with Crippen LogP contribution in [0.5, 0.6) is 5.88 Å². The number of hydrogen-bond acceptors (Lipinski definition) is 7. The fourth-order valence-electron chi connectivity index (χ4n) is 4.31. The van der Waals surface area contributed by atoms with Gasteiger partial charge in [-0.05, 0) is 37.1 Å². The minimum atomic E-state index is -1.45. The Morgan fingerprint density at radius 3 is 2.80 bits per heavy atom. The summed E-state index contributed by atoms with van der Waals surface area (Å²) in [6.07, 6.45) is 4.34. The summed E-state index contributed by atoms with van der Waals surface area (Å²) in [5.41, 5.74) is -1.29. The molecule has 11 heteroatoms. The Morgan fingerprint density at radius 1 is 1.23 bits per heavy atom. The number of pyridine rings is 2. The van der Waals surface area contributed by atoms with Gasteiger partial charge in [-0.15, -0.1) is 0 Å². The van der Waals surface area contributed by atoms with E-state index < -0.39 is 28.3 Å². The molecule has 4 heterocycles. The van der Waals surface area contributed by atoms with E-state index in [0.717, 1.165) is 25.1 Å². The number of ether oxygens (including phenoxy) is 1. The van der Waals surface area contributed by atoms with Crippen molar-refractivity contribution in [2.45, 2.75) is 18.9 Å². The lowest BCUT2D eigenvalue weighted by Crippen LogP contribution is -2.35. The number of carboxylic acids is 1.